The van der Waals surface area contributed by atoms with Crippen molar-refractivity contribution in [3.63, 3.8) is 0 Å². The van der Waals surface area contributed by atoms with Gasteiger partial charge in [-0.25, -0.2) is 0 Å². The molecule has 1 unspecified atom stereocenters. The van der Waals surface area contributed by atoms with Crippen molar-refractivity contribution in [2.24, 2.45) is 5.73 Å². The largest absolute Gasteiger partial charge is 0.492 e. The molecule has 3 nitrogen and oxygen atoms in total. The van der Waals surface area contributed by atoms with Crippen LogP contribution in [0.15, 0.2) is 35.1 Å². The monoisotopic (exact) mass is 348 g/mol. The zero-order valence-corrected chi connectivity index (χ0v) is 14.3. The lowest BCUT2D eigenvalue weighted by molar-refractivity contribution is 0.315. The first-order valence-electron chi connectivity index (χ1n) is 7.13. The summed E-state index contributed by atoms with van der Waals surface area (Å²) in [7, 11) is 0. The highest BCUT2D eigenvalue weighted by Gasteiger charge is 2.13. The quantitative estimate of drug-likeness (QED) is 0.876. The first-order valence-corrected chi connectivity index (χ1v) is 7.92. The maximum Gasteiger partial charge on any atom is 0.137 e. The SMILES string of the molecule is CCCOc1cncc(C(N)c2cc(C)c(Br)c(C)c2)c1. The van der Waals surface area contributed by atoms with E-state index in [0.717, 1.165) is 27.8 Å². The van der Waals surface area contributed by atoms with E-state index in [2.05, 4.69) is 53.8 Å². The number of nitrogens with zero attached hydrogens (tertiary/aromatic N) is 1. The van der Waals surface area contributed by atoms with E-state index in [-0.39, 0.29) is 6.04 Å². The molecule has 0 fully saturated rings. The van der Waals surface area contributed by atoms with Gasteiger partial charge in [0.05, 0.1) is 18.8 Å². The normalized spacial score (nSPS) is 12.2. The molecule has 21 heavy (non-hydrogen) atoms. The Morgan fingerprint density at radius 1 is 1.14 bits per heavy atom. The molecule has 0 bridgehead atoms. The Bertz CT molecular complexity index is 605. The predicted octanol–water partition coefficient (Wildman–Crippen LogP) is 4.30. The number of rotatable bonds is 5. The first-order chi connectivity index (χ1) is 10.0. The molecule has 0 amide bonds. The van der Waals surface area contributed by atoms with Crippen molar-refractivity contribution >= 4 is 15.9 Å². The van der Waals surface area contributed by atoms with E-state index in [1.54, 1.807) is 12.4 Å². The van der Waals surface area contributed by atoms with E-state index in [0.29, 0.717) is 6.61 Å². The third kappa shape index (κ3) is 3.83. The van der Waals surface area contributed by atoms with Crippen molar-refractivity contribution in [3.05, 3.63) is 57.3 Å². The molecule has 1 heterocycles. The van der Waals surface area contributed by atoms with E-state index in [1.165, 1.54) is 11.1 Å². The lowest BCUT2D eigenvalue weighted by Crippen LogP contribution is -2.13. The van der Waals surface area contributed by atoms with E-state index in [1.807, 2.05) is 6.07 Å². The van der Waals surface area contributed by atoms with Gasteiger partial charge in [-0.05, 0) is 48.6 Å². The Balaban J connectivity index is 2.29. The average Bonchev–Trinajstić information content (AvgIpc) is 2.49. The molecule has 0 radical (unpaired) electrons. The van der Waals surface area contributed by atoms with Crippen LogP contribution in [0.3, 0.4) is 0 Å². The highest BCUT2D eigenvalue weighted by molar-refractivity contribution is 9.10. The van der Waals surface area contributed by atoms with Crippen molar-refractivity contribution in [2.75, 3.05) is 6.61 Å². The number of hydrogen-bond acceptors (Lipinski definition) is 3. The van der Waals surface area contributed by atoms with E-state index in [9.17, 15) is 0 Å². The molecule has 0 aliphatic carbocycles. The second-order valence-electron chi connectivity index (χ2n) is 5.25. The van der Waals surface area contributed by atoms with Gasteiger partial charge in [-0.1, -0.05) is 35.0 Å². The van der Waals surface area contributed by atoms with Gasteiger partial charge >= 0.3 is 0 Å². The zero-order valence-electron chi connectivity index (χ0n) is 12.7. The minimum atomic E-state index is -0.201. The van der Waals surface area contributed by atoms with E-state index < -0.39 is 0 Å². The molecule has 0 saturated carbocycles. The summed E-state index contributed by atoms with van der Waals surface area (Å²) in [6.07, 6.45) is 4.50. The molecule has 4 heteroatoms. The van der Waals surface area contributed by atoms with Gasteiger partial charge in [-0.2, -0.15) is 0 Å². The maximum absolute atomic E-state index is 6.39. The molecule has 1 atom stereocenters. The van der Waals surface area contributed by atoms with Crippen molar-refractivity contribution in [1.29, 1.82) is 0 Å². The van der Waals surface area contributed by atoms with Gasteiger partial charge in [-0.3, -0.25) is 4.98 Å². The number of ether oxygens (including phenoxy) is 1. The summed E-state index contributed by atoms with van der Waals surface area (Å²) in [5.74, 6) is 0.773. The molecule has 2 rings (SSSR count). The van der Waals surface area contributed by atoms with Gasteiger partial charge in [0.2, 0.25) is 0 Å². The Hall–Kier alpha value is -1.39. The first kappa shape index (κ1) is 16.0. The second kappa shape index (κ2) is 7.05. The fraction of sp³-hybridized carbons (Fsp3) is 0.353. The lowest BCUT2D eigenvalue weighted by Gasteiger charge is -2.16. The molecule has 1 aromatic heterocycles. The fourth-order valence-corrected chi connectivity index (χ4v) is 2.48. The molecule has 0 saturated heterocycles. The number of halogens is 1. The summed E-state index contributed by atoms with van der Waals surface area (Å²) in [5, 5.41) is 0. The Kier molecular flexibility index (Phi) is 5.37. The summed E-state index contributed by atoms with van der Waals surface area (Å²) >= 11 is 3.59. The van der Waals surface area contributed by atoms with Crippen LogP contribution >= 0.6 is 15.9 Å². The number of aromatic nitrogens is 1. The highest BCUT2D eigenvalue weighted by atomic mass is 79.9. The third-order valence-electron chi connectivity index (χ3n) is 3.38. The van der Waals surface area contributed by atoms with Crippen LogP contribution in [0.1, 0.15) is 41.6 Å². The van der Waals surface area contributed by atoms with Gasteiger partial charge in [0, 0.05) is 10.7 Å². The number of nitrogens with two attached hydrogens (primary N) is 1. The van der Waals surface area contributed by atoms with Gasteiger partial charge in [0.15, 0.2) is 0 Å². The summed E-state index contributed by atoms with van der Waals surface area (Å²) in [6.45, 7) is 6.92. The van der Waals surface area contributed by atoms with Crippen molar-refractivity contribution in [1.82, 2.24) is 4.98 Å². The Morgan fingerprint density at radius 2 is 1.81 bits per heavy atom. The van der Waals surface area contributed by atoms with Crippen molar-refractivity contribution < 1.29 is 4.74 Å². The van der Waals surface area contributed by atoms with Crippen LogP contribution < -0.4 is 10.5 Å². The molecule has 0 spiro atoms. The zero-order chi connectivity index (χ0) is 15.4. The maximum atomic E-state index is 6.39. The fourth-order valence-electron chi connectivity index (χ4n) is 2.26. The molecule has 0 aliphatic heterocycles. The molecular weight excluding hydrogens is 328 g/mol. The van der Waals surface area contributed by atoms with Crippen LogP contribution in [-0.2, 0) is 0 Å². The van der Waals surface area contributed by atoms with Crippen LogP contribution in [0.5, 0.6) is 5.75 Å². The molecule has 1 aromatic carbocycles. The minimum Gasteiger partial charge on any atom is -0.492 e. The summed E-state index contributed by atoms with van der Waals surface area (Å²) in [4.78, 5) is 4.23. The smallest absolute Gasteiger partial charge is 0.137 e. The predicted molar refractivity (Wildman–Crippen MR) is 89.7 cm³/mol. The molecule has 2 N–H and O–H groups in total. The average molecular weight is 349 g/mol. The topological polar surface area (TPSA) is 48.1 Å². The van der Waals surface area contributed by atoms with Crippen molar-refractivity contribution in [3.8, 4) is 5.75 Å². The van der Waals surface area contributed by atoms with Gasteiger partial charge < -0.3 is 10.5 Å². The second-order valence-corrected chi connectivity index (χ2v) is 6.04. The van der Waals surface area contributed by atoms with Crippen LogP contribution in [0.25, 0.3) is 0 Å². The third-order valence-corrected chi connectivity index (χ3v) is 4.64. The van der Waals surface area contributed by atoms with Crippen LogP contribution in [0, 0.1) is 13.8 Å². The Labute approximate surface area is 134 Å². The van der Waals surface area contributed by atoms with Crippen LogP contribution in [0.4, 0.5) is 0 Å². The minimum absolute atomic E-state index is 0.201. The van der Waals surface area contributed by atoms with Gasteiger partial charge in [0.25, 0.3) is 0 Å². The number of pyridine rings is 1. The van der Waals surface area contributed by atoms with Gasteiger partial charge in [-0.15, -0.1) is 0 Å². The van der Waals surface area contributed by atoms with Gasteiger partial charge in [0.1, 0.15) is 5.75 Å². The van der Waals surface area contributed by atoms with E-state index >= 15 is 0 Å². The highest BCUT2D eigenvalue weighted by Crippen LogP contribution is 2.28. The number of benzene rings is 1. The van der Waals surface area contributed by atoms with Crippen molar-refractivity contribution in [2.45, 2.75) is 33.2 Å². The van der Waals surface area contributed by atoms with Crippen LogP contribution in [0.2, 0.25) is 0 Å². The standard InChI is InChI=1S/C17H21BrN2O/c1-4-5-21-15-8-14(9-20-10-15)17(19)13-6-11(2)16(18)12(3)7-13/h6-10,17H,4-5,19H2,1-3H3. The summed E-state index contributed by atoms with van der Waals surface area (Å²) in [5.41, 5.74) is 10.8. The number of hydrogen-bond donors (Lipinski definition) is 1. The van der Waals surface area contributed by atoms with Crippen LogP contribution in [-0.4, -0.2) is 11.6 Å². The lowest BCUT2D eigenvalue weighted by atomic mass is 9.97. The molecule has 0 aliphatic rings. The number of aryl methyl sites for hydroxylation is 2. The molecule has 2 aromatic rings. The molecular formula is C17H21BrN2O. The molecule has 112 valence electrons. The Morgan fingerprint density at radius 3 is 2.43 bits per heavy atom. The summed E-state index contributed by atoms with van der Waals surface area (Å²) in [6, 6.07) is 6.00. The summed E-state index contributed by atoms with van der Waals surface area (Å²) < 4.78 is 6.76. The van der Waals surface area contributed by atoms with E-state index in [4.69, 9.17) is 10.5 Å².